The van der Waals surface area contributed by atoms with Crippen molar-refractivity contribution in [1.29, 1.82) is 0 Å². The van der Waals surface area contributed by atoms with Crippen LogP contribution in [0.15, 0.2) is 36.4 Å². The molecule has 1 saturated carbocycles. The van der Waals surface area contributed by atoms with Crippen molar-refractivity contribution in [3.05, 3.63) is 58.1 Å². The van der Waals surface area contributed by atoms with Gasteiger partial charge < -0.3 is 10.1 Å². The number of hydrogen-bond acceptors (Lipinski definition) is 3. The van der Waals surface area contributed by atoms with E-state index >= 15 is 0 Å². The number of ether oxygens (including phenoxy) is 1. The fourth-order valence-corrected chi connectivity index (χ4v) is 5.82. The van der Waals surface area contributed by atoms with Crippen molar-refractivity contribution in [2.45, 2.75) is 57.4 Å². The lowest BCUT2D eigenvalue weighted by atomic mass is 9.71. The number of aryl methyl sites for hydroxylation is 1. The van der Waals surface area contributed by atoms with Crippen molar-refractivity contribution >= 4 is 17.4 Å². The van der Waals surface area contributed by atoms with Crippen molar-refractivity contribution in [2.24, 2.45) is 5.92 Å². The summed E-state index contributed by atoms with van der Waals surface area (Å²) in [6.07, 6.45) is 5.26. The third-order valence-corrected chi connectivity index (χ3v) is 7.50. The average molecular weight is 426 g/mol. The summed E-state index contributed by atoms with van der Waals surface area (Å²) < 4.78 is 5.29. The van der Waals surface area contributed by atoms with E-state index in [-0.39, 0.29) is 11.5 Å². The van der Waals surface area contributed by atoms with Gasteiger partial charge in [0, 0.05) is 25.3 Å². The first-order valence-corrected chi connectivity index (χ1v) is 11.5. The zero-order chi connectivity index (χ0) is 21.3. The first-order chi connectivity index (χ1) is 14.4. The number of Topliss-reactive ketones (excluding diaryl/α,β-unsaturated/α-hetero) is 1. The Bertz CT molecular complexity index is 923. The van der Waals surface area contributed by atoms with E-state index < -0.39 is 0 Å². The molecule has 2 fully saturated rings. The fraction of sp³-hybridized carbons (Fsp3) is 0.500. The molecule has 1 aliphatic heterocycles. The molecule has 30 heavy (non-hydrogen) atoms. The molecule has 2 aromatic carbocycles. The van der Waals surface area contributed by atoms with Gasteiger partial charge in [-0.15, -0.1) is 0 Å². The molecule has 1 N–H and O–H groups in total. The molecule has 0 radical (unpaired) electrons. The van der Waals surface area contributed by atoms with E-state index in [2.05, 4.69) is 43.4 Å². The van der Waals surface area contributed by atoms with E-state index in [9.17, 15) is 4.79 Å². The van der Waals surface area contributed by atoms with Gasteiger partial charge in [0.25, 0.3) is 0 Å². The van der Waals surface area contributed by atoms with Gasteiger partial charge in [-0.1, -0.05) is 48.7 Å². The van der Waals surface area contributed by atoms with E-state index in [1.54, 1.807) is 7.11 Å². The summed E-state index contributed by atoms with van der Waals surface area (Å²) in [7, 11) is 1.76. The molecule has 160 valence electrons. The van der Waals surface area contributed by atoms with Crippen molar-refractivity contribution in [3.8, 4) is 11.1 Å². The maximum atomic E-state index is 13.8. The van der Waals surface area contributed by atoms with Crippen LogP contribution >= 0.6 is 11.6 Å². The number of halogens is 1. The Morgan fingerprint density at radius 3 is 2.67 bits per heavy atom. The number of hydrogen-bond donors (Lipinski definition) is 1. The average Bonchev–Trinajstić information content (AvgIpc) is 3.03. The Morgan fingerprint density at radius 1 is 1.17 bits per heavy atom. The van der Waals surface area contributed by atoms with Crippen LogP contribution in [-0.4, -0.2) is 31.6 Å². The molecule has 4 heteroatoms. The summed E-state index contributed by atoms with van der Waals surface area (Å²) >= 11 is 6.08. The lowest BCUT2D eigenvalue weighted by Gasteiger charge is -2.37. The number of nitrogens with one attached hydrogen (secondary N) is 1. The zero-order valence-corrected chi connectivity index (χ0v) is 19.0. The van der Waals surface area contributed by atoms with E-state index in [1.165, 1.54) is 28.7 Å². The molecule has 2 aliphatic rings. The van der Waals surface area contributed by atoms with Gasteiger partial charge in [-0.25, -0.2) is 0 Å². The highest BCUT2D eigenvalue weighted by molar-refractivity contribution is 6.30. The first kappa shape index (κ1) is 21.5. The van der Waals surface area contributed by atoms with Crippen molar-refractivity contribution in [3.63, 3.8) is 0 Å². The standard InChI is InChI=1S/C26H32ClNO2/c1-17-6-11-22(20-7-9-21(27)10-8-20)18(2)24(17)23-16-28-26(25(23)29)13-4-5-19(15-26)12-14-30-3/h6-11,19,23,28H,4-5,12-16H2,1-3H3. The lowest BCUT2D eigenvalue weighted by molar-refractivity contribution is -0.125. The summed E-state index contributed by atoms with van der Waals surface area (Å²) in [6.45, 7) is 5.81. The third kappa shape index (κ3) is 3.95. The maximum absolute atomic E-state index is 13.8. The summed E-state index contributed by atoms with van der Waals surface area (Å²) in [5.74, 6) is 0.888. The second kappa shape index (κ2) is 8.82. The molecule has 1 heterocycles. The maximum Gasteiger partial charge on any atom is 0.161 e. The molecule has 3 unspecified atom stereocenters. The zero-order valence-electron chi connectivity index (χ0n) is 18.3. The third-order valence-electron chi connectivity index (χ3n) is 7.25. The topological polar surface area (TPSA) is 38.3 Å². The van der Waals surface area contributed by atoms with Gasteiger partial charge in [0.05, 0.1) is 11.5 Å². The first-order valence-electron chi connectivity index (χ1n) is 11.1. The SMILES string of the molecule is COCCC1CCCC2(C1)NCC(c1c(C)ccc(-c3ccc(Cl)cc3)c1C)C2=O. The number of benzene rings is 2. The smallest absolute Gasteiger partial charge is 0.161 e. The molecule has 4 rings (SSSR count). The van der Waals surface area contributed by atoms with E-state index in [1.807, 2.05) is 12.1 Å². The molecular weight excluding hydrogens is 394 g/mol. The monoisotopic (exact) mass is 425 g/mol. The highest BCUT2D eigenvalue weighted by Crippen LogP contribution is 2.43. The van der Waals surface area contributed by atoms with Crippen LogP contribution < -0.4 is 5.32 Å². The Balaban J connectivity index is 1.64. The summed E-state index contributed by atoms with van der Waals surface area (Å²) in [5.41, 5.74) is 5.59. The van der Waals surface area contributed by atoms with Crippen LogP contribution in [0.3, 0.4) is 0 Å². The van der Waals surface area contributed by atoms with Crippen LogP contribution in [0, 0.1) is 19.8 Å². The van der Waals surface area contributed by atoms with Crippen LogP contribution in [-0.2, 0) is 9.53 Å². The highest BCUT2D eigenvalue weighted by Gasteiger charge is 2.50. The second-order valence-corrected chi connectivity index (χ2v) is 9.54. The second-order valence-electron chi connectivity index (χ2n) is 9.10. The molecule has 0 amide bonds. The van der Waals surface area contributed by atoms with Crippen LogP contribution in [0.1, 0.15) is 54.7 Å². The van der Waals surface area contributed by atoms with Gasteiger partial charge in [-0.05, 0) is 79.0 Å². The molecule has 1 saturated heterocycles. The molecule has 3 atom stereocenters. The Hall–Kier alpha value is -1.68. The van der Waals surface area contributed by atoms with Gasteiger partial charge in [0.1, 0.15) is 0 Å². The number of ketones is 1. The van der Waals surface area contributed by atoms with Crippen molar-refractivity contribution in [1.82, 2.24) is 5.32 Å². The number of carbonyl (C=O) groups excluding carboxylic acids is 1. The predicted octanol–water partition coefficient (Wildman–Crippen LogP) is 5.85. The van der Waals surface area contributed by atoms with Gasteiger partial charge in [-0.3, -0.25) is 4.79 Å². The summed E-state index contributed by atoms with van der Waals surface area (Å²) in [5, 5.41) is 4.43. The molecule has 1 spiro atoms. The summed E-state index contributed by atoms with van der Waals surface area (Å²) in [6, 6.07) is 12.3. The minimum Gasteiger partial charge on any atom is -0.385 e. The predicted molar refractivity (Wildman–Crippen MR) is 123 cm³/mol. The minimum atomic E-state index is -0.351. The van der Waals surface area contributed by atoms with Crippen molar-refractivity contribution < 1.29 is 9.53 Å². The van der Waals surface area contributed by atoms with Gasteiger partial charge >= 0.3 is 0 Å². The van der Waals surface area contributed by atoms with E-state index in [0.717, 1.165) is 49.4 Å². The van der Waals surface area contributed by atoms with E-state index in [0.29, 0.717) is 11.7 Å². The molecule has 1 aliphatic carbocycles. The van der Waals surface area contributed by atoms with Crippen LogP contribution in [0.4, 0.5) is 0 Å². The van der Waals surface area contributed by atoms with Crippen molar-refractivity contribution in [2.75, 3.05) is 20.3 Å². The van der Waals surface area contributed by atoms with Gasteiger partial charge in [0.2, 0.25) is 0 Å². The Kier molecular flexibility index (Phi) is 6.34. The minimum absolute atomic E-state index is 0.0709. The van der Waals surface area contributed by atoms with Crippen LogP contribution in [0.2, 0.25) is 5.02 Å². The van der Waals surface area contributed by atoms with E-state index in [4.69, 9.17) is 16.3 Å². The Morgan fingerprint density at radius 2 is 1.93 bits per heavy atom. The Labute approximate surface area is 185 Å². The van der Waals surface area contributed by atoms with Gasteiger partial charge in [0.15, 0.2) is 5.78 Å². The van der Waals surface area contributed by atoms with Crippen LogP contribution in [0.5, 0.6) is 0 Å². The molecule has 2 aromatic rings. The quantitative estimate of drug-likeness (QED) is 0.653. The highest BCUT2D eigenvalue weighted by atomic mass is 35.5. The normalized spacial score (nSPS) is 26.5. The number of rotatable bonds is 5. The number of methoxy groups -OCH3 is 1. The fourth-order valence-electron chi connectivity index (χ4n) is 5.69. The van der Waals surface area contributed by atoms with Gasteiger partial charge in [-0.2, -0.15) is 0 Å². The largest absolute Gasteiger partial charge is 0.385 e. The lowest BCUT2D eigenvalue weighted by Crippen LogP contribution is -2.49. The number of carbonyl (C=O) groups is 1. The molecule has 3 nitrogen and oxygen atoms in total. The molecular formula is C26H32ClNO2. The van der Waals surface area contributed by atoms with Crippen LogP contribution in [0.25, 0.3) is 11.1 Å². The summed E-state index contributed by atoms with van der Waals surface area (Å²) in [4.78, 5) is 13.8. The molecule has 0 bridgehead atoms. The molecule has 0 aromatic heterocycles.